The Morgan fingerprint density at radius 2 is 2.27 bits per heavy atom. The van der Waals surface area contributed by atoms with Crippen molar-refractivity contribution in [2.75, 3.05) is 0 Å². The van der Waals surface area contributed by atoms with Gasteiger partial charge in [-0.3, -0.25) is 4.68 Å². The first-order chi connectivity index (χ1) is 7.28. The Hall–Kier alpha value is -1.82. The van der Waals surface area contributed by atoms with Gasteiger partial charge in [0, 0.05) is 7.05 Å². The summed E-state index contributed by atoms with van der Waals surface area (Å²) in [5.41, 5.74) is 5.41. The fourth-order valence-electron chi connectivity index (χ4n) is 1.13. The molecule has 0 spiro atoms. The molecule has 2 N–H and O–H groups in total. The number of ether oxygens (including phenoxy) is 1. The van der Waals surface area contributed by atoms with E-state index >= 15 is 0 Å². The molecule has 0 amide bonds. The first-order valence-electron chi connectivity index (χ1n) is 4.54. The number of rotatable bonds is 4. The van der Waals surface area contributed by atoms with E-state index in [9.17, 15) is 0 Å². The number of hydrogen-bond donors (Lipinski definition) is 1. The van der Waals surface area contributed by atoms with Gasteiger partial charge in [-0.25, -0.2) is 0 Å². The molecule has 0 bridgehead atoms. The largest absolute Gasteiger partial charge is 0.461 e. The van der Waals surface area contributed by atoms with Crippen LogP contribution in [-0.2, 0) is 20.2 Å². The average Bonchev–Trinajstić information content (AvgIpc) is 2.83. The van der Waals surface area contributed by atoms with E-state index in [1.54, 1.807) is 18.1 Å². The van der Waals surface area contributed by atoms with Crippen LogP contribution >= 0.6 is 0 Å². The lowest BCUT2D eigenvalue weighted by Crippen LogP contribution is -1.97. The maximum atomic E-state index is 5.41. The minimum Gasteiger partial charge on any atom is -0.461 e. The van der Waals surface area contributed by atoms with E-state index < -0.39 is 0 Å². The summed E-state index contributed by atoms with van der Waals surface area (Å²) in [5.74, 6) is 1.45. The molecule has 6 heteroatoms. The predicted octanol–water partition coefficient (Wildman–Crippen LogP) is 0.446. The highest BCUT2D eigenvalue weighted by Crippen LogP contribution is 2.09. The quantitative estimate of drug-likeness (QED) is 0.788. The van der Waals surface area contributed by atoms with Crippen LogP contribution in [0.1, 0.15) is 11.5 Å². The minimum atomic E-state index is 0.310. The van der Waals surface area contributed by atoms with E-state index in [0.717, 1.165) is 5.76 Å². The first-order valence-corrected chi connectivity index (χ1v) is 4.54. The second kappa shape index (κ2) is 4.14. The van der Waals surface area contributed by atoms with Crippen molar-refractivity contribution in [1.82, 2.24) is 14.8 Å². The fourth-order valence-corrected chi connectivity index (χ4v) is 1.13. The average molecular weight is 208 g/mol. The van der Waals surface area contributed by atoms with Gasteiger partial charge in [0.2, 0.25) is 0 Å². The van der Waals surface area contributed by atoms with Gasteiger partial charge in [0.25, 0.3) is 0 Å². The lowest BCUT2D eigenvalue weighted by molar-refractivity contribution is 0.246. The van der Waals surface area contributed by atoms with Crippen LogP contribution in [-0.4, -0.2) is 14.8 Å². The highest BCUT2D eigenvalue weighted by atomic mass is 16.5. The molecule has 0 unspecified atom stereocenters. The number of hydrogen-bond acceptors (Lipinski definition) is 5. The molecular formula is C9H12N4O2. The summed E-state index contributed by atoms with van der Waals surface area (Å²) >= 11 is 0. The molecule has 6 nitrogen and oxygen atoms in total. The van der Waals surface area contributed by atoms with Crippen LogP contribution in [0.25, 0.3) is 0 Å². The maximum absolute atomic E-state index is 5.41. The zero-order valence-corrected chi connectivity index (χ0v) is 8.38. The van der Waals surface area contributed by atoms with E-state index in [0.29, 0.717) is 24.9 Å². The zero-order chi connectivity index (χ0) is 10.7. The van der Waals surface area contributed by atoms with E-state index in [1.807, 2.05) is 12.1 Å². The highest BCUT2D eigenvalue weighted by Gasteiger charge is 2.03. The second-order valence-electron chi connectivity index (χ2n) is 3.06. The third-order valence-electron chi connectivity index (χ3n) is 1.84. The number of nitrogens with two attached hydrogens (primary N) is 1. The summed E-state index contributed by atoms with van der Waals surface area (Å²) in [4.78, 5) is 3.92. The van der Waals surface area contributed by atoms with Crippen molar-refractivity contribution in [3.8, 4) is 6.01 Å². The molecule has 0 atom stereocenters. The second-order valence-corrected chi connectivity index (χ2v) is 3.06. The normalized spacial score (nSPS) is 10.5. The lowest BCUT2D eigenvalue weighted by Gasteiger charge is -1.97. The van der Waals surface area contributed by atoms with Crippen molar-refractivity contribution in [2.24, 2.45) is 12.8 Å². The number of aryl methyl sites for hydroxylation is 1. The van der Waals surface area contributed by atoms with Crippen molar-refractivity contribution >= 4 is 0 Å². The van der Waals surface area contributed by atoms with E-state index in [4.69, 9.17) is 14.9 Å². The Labute approximate surface area is 86.7 Å². The summed E-state index contributed by atoms with van der Waals surface area (Å²) < 4.78 is 12.2. The molecule has 0 saturated carbocycles. The molecule has 15 heavy (non-hydrogen) atoms. The van der Waals surface area contributed by atoms with Gasteiger partial charge in [0.1, 0.15) is 24.5 Å². The fraction of sp³-hybridized carbons (Fsp3) is 0.333. The van der Waals surface area contributed by atoms with Gasteiger partial charge in [-0.15, -0.1) is 5.10 Å². The van der Waals surface area contributed by atoms with Crippen LogP contribution in [0.2, 0.25) is 0 Å². The molecule has 2 aromatic heterocycles. The molecule has 0 saturated heterocycles. The Kier molecular flexibility index (Phi) is 2.68. The number of aromatic nitrogens is 3. The van der Waals surface area contributed by atoms with Crippen LogP contribution in [0.4, 0.5) is 0 Å². The van der Waals surface area contributed by atoms with Crippen LogP contribution in [0.5, 0.6) is 6.01 Å². The van der Waals surface area contributed by atoms with Gasteiger partial charge in [0.05, 0.1) is 6.54 Å². The Morgan fingerprint density at radius 3 is 2.87 bits per heavy atom. The van der Waals surface area contributed by atoms with Crippen molar-refractivity contribution in [3.05, 3.63) is 30.0 Å². The Bertz CT molecular complexity index is 435. The van der Waals surface area contributed by atoms with Gasteiger partial charge < -0.3 is 14.9 Å². The van der Waals surface area contributed by atoms with Crippen molar-refractivity contribution in [3.63, 3.8) is 0 Å². The van der Waals surface area contributed by atoms with Gasteiger partial charge >= 0.3 is 6.01 Å². The van der Waals surface area contributed by atoms with E-state index in [1.165, 1.54) is 0 Å². The van der Waals surface area contributed by atoms with Crippen LogP contribution in [0.3, 0.4) is 0 Å². The summed E-state index contributed by atoms with van der Waals surface area (Å²) in [6, 6.07) is 3.98. The lowest BCUT2D eigenvalue weighted by atomic mass is 10.4. The summed E-state index contributed by atoms with van der Waals surface area (Å²) in [5, 5.41) is 3.97. The molecule has 2 heterocycles. The molecule has 80 valence electrons. The molecule has 0 aromatic carbocycles. The van der Waals surface area contributed by atoms with Crippen molar-refractivity contribution in [1.29, 1.82) is 0 Å². The van der Waals surface area contributed by atoms with E-state index in [-0.39, 0.29) is 0 Å². The number of furan rings is 1. The molecule has 0 aliphatic heterocycles. The maximum Gasteiger partial charge on any atom is 0.335 e. The molecule has 2 rings (SSSR count). The van der Waals surface area contributed by atoms with Crippen LogP contribution in [0.15, 0.2) is 22.9 Å². The Balaban J connectivity index is 1.93. The van der Waals surface area contributed by atoms with Gasteiger partial charge in [0.15, 0.2) is 0 Å². The van der Waals surface area contributed by atoms with Crippen molar-refractivity contribution in [2.45, 2.75) is 13.2 Å². The van der Waals surface area contributed by atoms with Gasteiger partial charge in [-0.05, 0) is 12.1 Å². The summed E-state index contributed by atoms with van der Waals surface area (Å²) in [6.45, 7) is 0.700. The van der Waals surface area contributed by atoms with Crippen molar-refractivity contribution < 1.29 is 9.15 Å². The standard InChI is InChI=1S/C9H12N4O2/c1-13-6-11-9(12-13)14-5-8-3-2-7(4-10)15-8/h2-3,6H,4-5,10H2,1H3. The summed E-state index contributed by atoms with van der Waals surface area (Å²) in [6.07, 6.45) is 1.57. The molecule has 0 radical (unpaired) electrons. The van der Waals surface area contributed by atoms with Crippen LogP contribution < -0.4 is 10.5 Å². The highest BCUT2D eigenvalue weighted by molar-refractivity contribution is 5.06. The zero-order valence-electron chi connectivity index (χ0n) is 8.38. The van der Waals surface area contributed by atoms with Crippen LogP contribution in [0, 0.1) is 0 Å². The molecular weight excluding hydrogens is 196 g/mol. The van der Waals surface area contributed by atoms with Gasteiger partial charge in [-0.1, -0.05) is 0 Å². The minimum absolute atomic E-state index is 0.310. The molecule has 0 aliphatic rings. The third kappa shape index (κ3) is 2.35. The molecule has 0 fully saturated rings. The van der Waals surface area contributed by atoms with Gasteiger partial charge in [-0.2, -0.15) is 4.98 Å². The SMILES string of the molecule is Cn1cnc(OCc2ccc(CN)o2)n1. The Morgan fingerprint density at radius 1 is 1.47 bits per heavy atom. The molecule has 0 aliphatic carbocycles. The molecule has 2 aromatic rings. The van der Waals surface area contributed by atoms with E-state index in [2.05, 4.69) is 10.1 Å². The topological polar surface area (TPSA) is 79.1 Å². The summed E-state index contributed by atoms with van der Waals surface area (Å²) in [7, 11) is 1.78. The third-order valence-corrected chi connectivity index (χ3v) is 1.84. The monoisotopic (exact) mass is 208 g/mol. The number of nitrogens with zero attached hydrogens (tertiary/aromatic N) is 3. The first kappa shape index (κ1) is 9.72. The smallest absolute Gasteiger partial charge is 0.335 e. The predicted molar refractivity (Wildman–Crippen MR) is 51.9 cm³/mol.